The van der Waals surface area contributed by atoms with Crippen LogP contribution in [-0.4, -0.2) is 43.7 Å². The van der Waals surface area contributed by atoms with Gasteiger partial charge in [-0.15, -0.1) is 0 Å². The second-order valence-corrected chi connectivity index (χ2v) is 2.75. The highest BCUT2D eigenvalue weighted by molar-refractivity contribution is 5.76. The van der Waals surface area contributed by atoms with Crippen molar-refractivity contribution in [3.05, 3.63) is 0 Å². The number of ether oxygens (including phenoxy) is 1. The summed E-state index contributed by atoms with van der Waals surface area (Å²) in [6.45, 7) is 1.61. The van der Waals surface area contributed by atoms with Gasteiger partial charge in [0.15, 0.2) is 0 Å². The molecule has 0 spiro atoms. The molecule has 0 aromatic rings. The number of nitrogens with two attached hydrogens (primary N) is 1. The van der Waals surface area contributed by atoms with Gasteiger partial charge in [-0.25, -0.2) is 0 Å². The van der Waals surface area contributed by atoms with E-state index in [0.717, 1.165) is 0 Å². The molecule has 64 valence electrons. The van der Waals surface area contributed by atoms with Crippen LogP contribution in [0.2, 0.25) is 0 Å². The van der Waals surface area contributed by atoms with Crippen LogP contribution >= 0.6 is 0 Å². The Hall–Kier alpha value is -0.610. The standard InChI is InChI=1S/C7H14N2O2/c1-9-5-6(4-8)11-3-2-7(9)10/h6H,2-5,8H2,1H3. The van der Waals surface area contributed by atoms with Crippen molar-refractivity contribution in [2.45, 2.75) is 12.5 Å². The summed E-state index contributed by atoms with van der Waals surface area (Å²) in [5.74, 6) is 0.140. The first-order valence-corrected chi connectivity index (χ1v) is 3.79. The van der Waals surface area contributed by atoms with Gasteiger partial charge in [0.1, 0.15) is 0 Å². The Kier molecular flexibility index (Phi) is 2.84. The van der Waals surface area contributed by atoms with Crippen LogP contribution in [0.3, 0.4) is 0 Å². The van der Waals surface area contributed by atoms with Gasteiger partial charge in [-0.1, -0.05) is 0 Å². The van der Waals surface area contributed by atoms with Crippen molar-refractivity contribution >= 4 is 5.91 Å². The Balaban J connectivity index is 2.48. The van der Waals surface area contributed by atoms with Gasteiger partial charge in [-0.2, -0.15) is 0 Å². The van der Waals surface area contributed by atoms with Crippen LogP contribution in [-0.2, 0) is 9.53 Å². The Morgan fingerprint density at radius 2 is 2.55 bits per heavy atom. The predicted molar refractivity (Wildman–Crippen MR) is 41.0 cm³/mol. The normalized spacial score (nSPS) is 26.9. The molecule has 1 amide bonds. The number of hydrogen-bond donors (Lipinski definition) is 1. The van der Waals surface area contributed by atoms with E-state index in [9.17, 15) is 4.79 Å². The van der Waals surface area contributed by atoms with Gasteiger partial charge in [0, 0.05) is 20.1 Å². The maximum Gasteiger partial charge on any atom is 0.224 e. The molecule has 1 rings (SSSR count). The summed E-state index contributed by atoms with van der Waals surface area (Å²) < 4.78 is 5.31. The quantitative estimate of drug-likeness (QED) is 0.543. The summed E-state index contributed by atoms with van der Waals surface area (Å²) in [4.78, 5) is 12.8. The van der Waals surface area contributed by atoms with E-state index in [2.05, 4.69) is 0 Å². The molecule has 2 N–H and O–H groups in total. The highest BCUT2D eigenvalue weighted by Crippen LogP contribution is 2.03. The van der Waals surface area contributed by atoms with Crippen LogP contribution in [0.25, 0.3) is 0 Å². The topological polar surface area (TPSA) is 55.6 Å². The van der Waals surface area contributed by atoms with Crippen LogP contribution in [0.4, 0.5) is 0 Å². The lowest BCUT2D eigenvalue weighted by Crippen LogP contribution is -2.35. The van der Waals surface area contributed by atoms with E-state index >= 15 is 0 Å². The van der Waals surface area contributed by atoms with E-state index < -0.39 is 0 Å². The number of nitrogens with zero attached hydrogens (tertiary/aromatic N) is 1. The van der Waals surface area contributed by atoms with Gasteiger partial charge < -0.3 is 15.4 Å². The molecule has 0 bridgehead atoms. The SMILES string of the molecule is CN1CC(CN)OCCC1=O. The molecule has 0 saturated carbocycles. The predicted octanol–water partition coefficient (Wildman–Crippen LogP) is -0.808. The zero-order valence-electron chi connectivity index (χ0n) is 6.75. The Bertz CT molecular complexity index is 149. The fourth-order valence-corrected chi connectivity index (χ4v) is 1.11. The molecule has 1 fully saturated rings. The van der Waals surface area contributed by atoms with Gasteiger partial charge in [0.2, 0.25) is 5.91 Å². The lowest BCUT2D eigenvalue weighted by atomic mass is 10.3. The minimum atomic E-state index is 0.0199. The monoisotopic (exact) mass is 158 g/mol. The summed E-state index contributed by atoms with van der Waals surface area (Å²) in [7, 11) is 1.78. The average molecular weight is 158 g/mol. The molecule has 4 nitrogen and oxygen atoms in total. The van der Waals surface area contributed by atoms with E-state index in [1.807, 2.05) is 0 Å². The number of carbonyl (C=O) groups excluding carboxylic acids is 1. The Morgan fingerprint density at radius 1 is 1.82 bits per heavy atom. The number of rotatable bonds is 1. The molecular weight excluding hydrogens is 144 g/mol. The van der Waals surface area contributed by atoms with Crippen molar-refractivity contribution in [2.24, 2.45) is 5.73 Å². The molecular formula is C7H14N2O2. The number of hydrogen-bond acceptors (Lipinski definition) is 3. The van der Waals surface area contributed by atoms with Crippen molar-refractivity contribution in [3.8, 4) is 0 Å². The van der Waals surface area contributed by atoms with Crippen molar-refractivity contribution in [3.63, 3.8) is 0 Å². The maximum absolute atomic E-state index is 11.1. The second kappa shape index (κ2) is 3.69. The van der Waals surface area contributed by atoms with Gasteiger partial charge >= 0.3 is 0 Å². The second-order valence-electron chi connectivity index (χ2n) is 2.75. The van der Waals surface area contributed by atoms with Crippen LogP contribution in [0, 0.1) is 0 Å². The molecule has 11 heavy (non-hydrogen) atoms. The first-order chi connectivity index (χ1) is 5.24. The average Bonchev–Trinajstić information content (AvgIpc) is 2.15. The summed E-state index contributed by atoms with van der Waals surface area (Å²) in [5.41, 5.74) is 5.42. The van der Waals surface area contributed by atoms with E-state index in [1.54, 1.807) is 11.9 Å². The smallest absolute Gasteiger partial charge is 0.224 e. The lowest BCUT2D eigenvalue weighted by Gasteiger charge is -2.17. The van der Waals surface area contributed by atoms with Crippen LogP contribution < -0.4 is 5.73 Å². The third kappa shape index (κ3) is 2.17. The van der Waals surface area contributed by atoms with Crippen LogP contribution in [0.1, 0.15) is 6.42 Å². The Labute approximate surface area is 66.3 Å². The fraction of sp³-hybridized carbons (Fsp3) is 0.857. The zero-order valence-corrected chi connectivity index (χ0v) is 6.75. The molecule has 0 radical (unpaired) electrons. The first kappa shape index (κ1) is 8.49. The number of amides is 1. The fourth-order valence-electron chi connectivity index (χ4n) is 1.11. The molecule has 1 saturated heterocycles. The van der Waals surface area contributed by atoms with Crippen LogP contribution in [0.5, 0.6) is 0 Å². The highest BCUT2D eigenvalue weighted by atomic mass is 16.5. The molecule has 1 aliphatic rings. The molecule has 1 heterocycles. The molecule has 0 aromatic carbocycles. The summed E-state index contributed by atoms with van der Waals surface area (Å²) in [6, 6.07) is 0. The minimum absolute atomic E-state index is 0.0199. The molecule has 0 aliphatic carbocycles. The molecule has 1 aliphatic heterocycles. The summed E-state index contributed by atoms with van der Waals surface area (Å²) in [5, 5.41) is 0. The zero-order chi connectivity index (χ0) is 8.27. The maximum atomic E-state index is 11.1. The molecule has 4 heteroatoms. The van der Waals surface area contributed by atoms with Gasteiger partial charge in [-0.05, 0) is 0 Å². The molecule has 0 aromatic heterocycles. The largest absolute Gasteiger partial charge is 0.375 e. The van der Waals surface area contributed by atoms with E-state index in [4.69, 9.17) is 10.5 Å². The third-order valence-electron chi connectivity index (χ3n) is 1.84. The van der Waals surface area contributed by atoms with Crippen molar-refractivity contribution < 1.29 is 9.53 Å². The third-order valence-corrected chi connectivity index (χ3v) is 1.84. The van der Waals surface area contributed by atoms with Gasteiger partial charge in [0.05, 0.1) is 19.1 Å². The molecule has 1 atom stereocenters. The Morgan fingerprint density at radius 3 is 3.18 bits per heavy atom. The highest BCUT2D eigenvalue weighted by Gasteiger charge is 2.19. The lowest BCUT2D eigenvalue weighted by molar-refractivity contribution is -0.129. The first-order valence-electron chi connectivity index (χ1n) is 3.79. The minimum Gasteiger partial charge on any atom is -0.375 e. The van der Waals surface area contributed by atoms with E-state index in [-0.39, 0.29) is 12.0 Å². The van der Waals surface area contributed by atoms with Gasteiger partial charge in [0.25, 0.3) is 0 Å². The van der Waals surface area contributed by atoms with E-state index in [0.29, 0.717) is 26.1 Å². The van der Waals surface area contributed by atoms with Gasteiger partial charge in [-0.3, -0.25) is 4.79 Å². The van der Waals surface area contributed by atoms with Crippen molar-refractivity contribution in [1.29, 1.82) is 0 Å². The van der Waals surface area contributed by atoms with Crippen molar-refractivity contribution in [1.82, 2.24) is 4.90 Å². The number of likely N-dealkylation sites (N-methyl/N-ethyl adjacent to an activating group) is 1. The summed E-state index contributed by atoms with van der Waals surface area (Å²) >= 11 is 0. The van der Waals surface area contributed by atoms with Crippen LogP contribution in [0.15, 0.2) is 0 Å². The number of carbonyl (C=O) groups is 1. The summed E-state index contributed by atoms with van der Waals surface area (Å²) in [6.07, 6.45) is 0.499. The van der Waals surface area contributed by atoms with E-state index in [1.165, 1.54) is 0 Å². The molecule has 1 unspecified atom stereocenters. The van der Waals surface area contributed by atoms with Crippen molar-refractivity contribution in [2.75, 3.05) is 26.7 Å².